The molecule has 34 heavy (non-hydrogen) atoms. The normalized spacial score (nSPS) is 13.9. The number of hydrogen-bond donors (Lipinski definition) is 3. The van der Waals surface area contributed by atoms with Crippen molar-refractivity contribution in [3.05, 3.63) is 89.5 Å². The molecule has 6 nitrogen and oxygen atoms in total. The Labute approximate surface area is 201 Å². The molecule has 3 aromatic carbocycles. The number of para-hydroxylation sites is 1. The maximum Gasteiger partial charge on any atom is 0.323 e. The molecule has 1 aliphatic rings. The summed E-state index contributed by atoms with van der Waals surface area (Å²) >= 11 is 0. The van der Waals surface area contributed by atoms with E-state index in [0.29, 0.717) is 11.3 Å². The Hall–Kier alpha value is -3.80. The summed E-state index contributed by atoms with van der Waals surface area (Å²) in [7, 11) is 0. The van der Waals surface area contributed by atoms with Crippen LogP contribution in [0.2, 0.25) is 0 Å². The highest BCUT2D eigenvalue weighted by Gasteiger charge is 2.22. The maximum atomic E-state index is 13.4. The van der Waals surface area contributed by atoms with E-state index in [0.717, 1.165) is 54.9 Å². The zero-order valence-corrected chi connectivity index (χ0v) is 19.8. The first-order valence-electron chi connectivity index (χ1n) is 12.0. The molecule has 6 heteroatoms. The molecule has 4 rings (SSSR count). The fourth-order valence-corrected chi connectivity index (χ4v) is 4.36. The zero-order valence-electron chi connectivity index (χ0n) is 19.8. The van der Waals surface area contributed by atoms with Crippen LogP contribution in [-0.4, -0.2) is 25.0 Å². The molecule has 3 N–H and O–H groups in total. The smallest absolute Gasteiger partial charge is 0.323 e. The van der Waals surface area contributed by atoms with Crippen LogP contribution >= 0.6 is 0 Å². The van der Waals surface area contributed by atoms with Gasteiger partial charge < -0.3 is 20.9 Å². The number of anilines is 3. The standard InChI is InChI=1S/C28H32N4O2/c1-3-21-11-7-8-14-25(21)31-28(34)30-23-15-16-26(32-17-9-10-18-32)24(19-23)27(33)29-20(2)22-12-5-4-6-13-22/h4-8,11-16,19-20H,3,9-10,17-18H2,1-2H3,(H,29,33)(H2,30,31,34). The van der Waals surface area contributed by atoms with Crippen molar-refractivity contribution in [1.82, 2.24) is 5.32 Å². The monoisotopic (exact) mass is 456 g/mol. The van der Waals surface area contributed by atoms with Gasteiger partial charge in [0.15, 0.2) is 0 Å². The molecule has 1 unspecified atom stereocenters. The summed E-state index contributed by atoms with van der Waals surface area (Å²) in [5, 5.41) is 8.93. The number of aryl methyl sites for hydroxylation is 1. The Morgan fingerprint density at radius 3 is 2.35 bits per heavy atom. The predicted octanol–water partition coefficient (Wildman–Crippen LogP) is 5.98. The van der Waals surface area contributed by atoms with E-state index in [1.54, 1.807) is 6.07 Å². The van der Waals surface area contributed by atoms with Crippen molar-refractivity contribution in [2.24, 2.45) is 0 Å². The van der Waals surface area contributed by atoms with Crippen molar-refractivity contribution in [3.63, 3.8) is 0 Å². The van der Waals surface area contributed by atoms with Crippen LogP contribution in [0.15, 0.2) is 72.8 Å². The molecule has 0 aromatic heterocycles. The van der Waals surface area contributed by atoms with Gasteiger partial charge in [-0.3, -0.25) is 4.79 Å². The fraction of sp³-hybridized carbons (Fsp3) is 0.286. The summed E-state index contributed by atoms with van der Waals surface area (Å²) in [5.74, 6) is -0.154. The van der Waals surface area contributed by atoms with Gasteiger partial charge in [-0.15, -0.1) is 0 Å². The van der Waals surface area contributed by atoms with Gasteiger partial charge >= 0.3 is 6.03 Å². The first-order chi connectivity index (χ1) is 16.5. The van der Waals surface area contributed by atoms with Crippen LogP contribution < -0.4 is 20.9 Å². The minimum absolute atomic E-state index is 0.134. The second-order valence-corrected chi connectivity index (χ2v) is 8.62. The van der Waals surface area contributed by atoms with E-state index in [-0.39, 0.29) is 18.0 Å². The van der Waals surface area contributed by atoms with Crippen molar-refractivity contribution < 1.29 is 9.59 Å². The number of urea groups is 1. The minimum atomic E-state index is -0.334. The summed E-state index contributed by atoms with van der Waals surface area (Å²) in [6, 6.07) is 22.7. The largest absolute Gasteiger partial charge is 0.371 e. The number of benzene rings is 3. The van der Waals surface area contributed by atoms with Gasteiger partial charge in [0.1, 0.15) is 0 Å². The van der Waals surface area contributed by atoms with E-state index < -0.39 is 0 Å². The summed E-state index contributed by atoms with van der Waals surface area (Å²) in [5.41, 5.74) is 4.94. The Morgan fingerprint density at radius 1 is 0.912 bits per heavy atom. The highest BCUT2D eigenvalue weighted by Crippen LogP contribution is 2.28. The molecule has 0 radical (unpaired) electrons. The van der Waals surface area contributed by atoms with Crippen LogP contribution in [0.3, 0.4) is 0 Å². The maximum absolute atomic E-state index is 13.4. The Bertz CT molecular complexity index is 1140. The summed E-state index contributed by atoms with van der Waals surface area (Å²) in [4.78, 5) is 28.3. The second kappa shape index (κ2) is 10.9. The number of carbonyl (C=O) groups is 2. The molecule has 0 aliphatic carbocycles. The van der Waals surface area contributed by atoms with Gasteiger partial charge in [0.2, 0.25) is 0 Å². The molecule has 0 spiro atoms. The van der Waals surface area contributed by atoms with Crippen molar-refractivity contribution in [2.45, 2.75) is 39.2 Å². The fourth-order valence-electron chi connectivity index (χ4n) is 4.36. The molecular weight excluding hydrogens is 424 g/mol. The number of rotatable bonds is 7. The molecular formula is C28H32N4O2. The lowest BCUT2D eigenvalue weighted by Gasteiger charge is -2.23. The molecule has 3 amide bonds. The van der Waals surface area contributed by atoms with E-state index in [1.807, 2.05) is 73.7 Å². The van der Waals surface area contributed by atoms with Crippen molar-refractivity contribution in [3.8, 4) is 0 Å². The predicted molar refractivity (Wildman–Crippen MR) is 139 cm³/mol. The summed E-state index contributed by atoms with van der Waals surface area (Å²) < 4.78 is 0. The molecule has 0 bridgehead atoms. The minimum Gasteiger partial charge on any atom is -0.371 e. The third-order valence-corrected chi connectivity index (χ3v) is 6.24. The Morgan fingerprint density at radius 2 is 1.62 bits per heavy atom. The average molecular weight is 457 g/mol. The molecule has 176 valence electrons. The van der Waals surface area contributed by atoms with Gasteiger partial charge in [0.05, 0.1) is 11.6 Å². The number of carbonyl (C=O) groups excluding carboxylic acids is 2. The van der Waals surface area contributed by atoms with E-state index in [4.69, 9.17) is 0 Å². The van der Waals surface area contributed by atoms with E-state index in [1.165, 1.54) is 0 Å². The van der Waals surface area contributed by atoms with E-state index >= 15 is 0 Å². The third kappa shape index (κ3) is 5.57. The highest BCUT2D eigenvalue weighted by molar-refractivity contribution is 6.04. The van der Waals surface area contributed by atoms with Gasteiger partial charge in [-0.05, 0) is 61.6 Å². The van der Waals surface area contributed by atoms with Gasteiger partial charge in [0.25, 0.3) is 5.91 Å². The molecule has 1 atom stereocenters. The molecule has 0 saturated carbocycles. The van der Waals surface area contributed by atoms with E-state index in [2.05, 4.69) is 27.8 Å². The third-order valence-electron chi connectivity index (χ3n) is 6.24. The second-order valence-electron chi connectivity index (χ2n) is 8.62. The quantitative estimate of drug-likeness (QED) is 0.409. The van der Waals surface area contributed by atoms with Crippen LogP contribution in [0, 0.1) is 0 Å². The van der Waals surface area contributed by atoms with Crippen LogP contribution in [0.25, 0.3) is 0 Å². The molecule has 1 aliphatic heterocycles. The number of hydrogen-bond acceptors (Lipinski definition) is 3. The first kappa shape index (κ1) is 23.4. The number of nitrogens with zero attached hydrogens (tertiary/aromatic N) is 1. The van der Waals surface area contributed by atoms with Crippen LogP contribution in [0.1, 0.15) is 54.2 Å². The van der Waals surface area contributed by atoms with Crippen molar-refractivity contribution >= 4 is 29.0 Å². The lowest BCUT2D eigenvalue weighted by Crippen LogP contribution is -2.30. The van der Waals surface area contributed by atoms with Gasteiger partial charge in [-0.2, -0.15) is 0 Å². The van der Waals surface area contributed by atoms with Gasteiger partial charge in [0, 0.05) is 30.2 Å². The number of amides is 3. The average Bonchev–Trinajstić information content (AvgIpc) is 3.39. The van der Waals surface area contributed by atoms with Crippen molar-refractivity contribution in [1.29, 1.82) is 0 Å². The summed E-state index contributed by atoms with van der Waals surface area (Å²) in [6.45, 7) is 5.88. The molecule has 1 heterocycles. The summed E-state index contributed by atoms with van der Waals surface area (Å²) in [6.07, 6.45) is 3.05. The highest BCUT2D eigenvalue weighted by atomic mass is 16.2. The van der Waals surface area contributed by atoms with Gasteiger partial charge in [-0.25, -0.2) is 4.79 Å². The van der Waals surface area contributed by atoms with Gasteiger partial charge in [-0.1, -0.05) is 55.5 Å². The van der Waals surface area contributed by atoms with Crippen LogP contribution in [0.5, 0.6) is 0 Å². The lowest BCUT2D eigenvalue weighted by molar-refractivity contribution is 0.0940. The Kier molecular flexibility index (Phi) is 7.48. The Balaban J connectivity index is 1.54. The zero-order chi connectivity index (χ0) is 23.9. The van der Waals surface area contributed by atoms with Crippen LogP contribution in [-0.2, 0) is 6.42 Å². The molecule has 1 fully saturated rings. The SMILES string of the molecule is CCc1ccccc1NC(=O)Nc1ccc(N2CCCC2)c(C(=O)NC(C)c2ccccc2)c1. The van der Waals surface area contributed by atoms with Crippen LogP contribution in [0.4, 0.5) is 21.9 Å². The number of nitrogens with one attached hydrogen (secondary N) is 3. The molecule has 3 aromatic rings. The topological polar surface area (TPSA) is 73.5 Å². The first-order valence-corrected chi connectivity index (χ1v) is 12.0. The molecule has 1 saturated heterocycles. The van der Waals surface area contributed by atoms with E-state index in [9.17, 15) is 9.59 Å². The lowest BCUT2D eigenvalue weighted by atomic mass is 10.1. The van der Waals surface area contributed by atoms with Crippen molar-refractivity contribution in [2.75, 3.05) is 28.6 Å².